The number of fused-ring (bicyclic) bond motifs is 1. The topological polar surface area (TPSA) is 96.2 Å². The lowest BCUT2D eigenvalue weighted by Gasteiger charge is -2.18. The third-order valence-electron chi connectivity index (χ3n) is 6.39. The number of rotatable bonds is 8. The fourth-order valence-electron chi connectivity index (χ4n) is 4.69. The highest BCUT2D eigenvalue weighted by Crippen LogP contribution is 2.30. The van der Waals surface area contributed by atoms with Gasteiger partial charge in [0.15, 0.2) is 10.8 Å². The van der Waals surface area contributed by atoms with E-state index in [1.54, 1.807) is 16.7 Å². The van der Waals surface area contributed by atoms with Crippen LogP contribution in [0.1, 0.15) is 33.1 Å². The van der Waals surface area contributed by atoms with Crippen molar-refractivity contribution in [2.75, 3.05) is 36.0 Å². The summed E-state index contributed by atoms with van der Waals surface area (Å²) in [4.78, 5) is 38.9. The number of carbonyl (C=O) groups is 2. The van der Waals surface area contributed by atoms with Gasteiger partial charge in [-0.3, -0.25) is 9.59 Å². The van der Waals surface area contributed by atoms with Gasteiger partial charge in [0.25, 0.3) is 0 Å². The average molecular weight is 494 g/mol. The fourth-order valence-corrected chi connectivity index (χ4v) is 5.39. The van der Waals surface area contributed by atoms with Gasteiger partial charge in [-0.25, -0.2) is 14.6 Å². The van der Waals surface area contributed by atoms with Gasteiger partial charge in [-0.05, 0) is 25.0 Å². The zero-order valence-corrected chi connectivity index (χ0v) is 21.0. The van der Waals surface area contributed by atoms with E-state index in [0.29, 0.717) is 24.9 Å². The van der Waals surface area contributed by atoms with Crippen molar-refractivity contribution < 1.29 is 9.59 Å². The molecular weight excluding hydrogens is 462 g/mol. The van der Waals surface area contributed by atoms with Crippen molar-refractivity contribution in [3.05, 3.63) is 36.5 Å². The Morgan fingerprint density at radius 2 is 1.94 bits per heavy atom. The normalized spacial score (nSPS) is 18.3. The van der Waals surface area contributed by atoms with E-state index >= 15 is 0 Å². The van der Waals surface area contributed by atoms with Crippen LogP contribution in [0.15, 0.2) is 41.7 Å². The molecule has 2 aromatic heterocycles. The monoisotopic (exact) mass is 493 g/mol. The summed E-state index contributed by atoms with van der Waals surface area (Å²) in [7, 11) is 0. The summed E-state index contributed by atoms with van der Waals surface area (Å²) >= 11 is 1.65. The number of thioether (sulfide) groups is 1. The number of hydrogen-bond acceptors (Lipinski definition) is 7. The van der Waals surface area contributed by atoms with Gasteiger partial charge in [-0.1, -0.05) is 43.8 Å². The van der Waals surface area contributed by atoms with Crippen LogP contribution >= 0.6 is 11.8 Å². The number of benzene rings is 1. The molecule has 2 fully saturated rings. The summed E-state index contributed by atoms with van der Waals surface area (Å²) in [5, 5.41) is 9.65. The van der Waals surface area contributed by atoms with Gasteiger partial charge in [0, 0.05) is 43.5 Å². The maximum Gasteiger partial charge on any atom is 0.227 e. The first kappa shape index (κ1) is 23.6. The lowest BCUT2D eigenvalue weighted by Crippen LogP contribution is -2.35. The Morgan fingerprint density at radius 1 is 1.17 bits per heavy atom. The van der Waals surface area contributed by atoms with E-state index in [1.165, 1.54) is 12.8 Å². The lowest BCUT2D eigenvalue weighted by atomic mass is 10.1. The molecule has 35 heavy (non-hydrogen) atoms. The van der Waals surface area contributed by atoms with E-state index < -0.39 is 0 Å². The number of carbonyl (C=O) groups excluding carboxylic acids is 2. The molecule has 3 aromatic rings. The van der Waals surface area contributed by atoms with Crippen LogP contribution in [0.25, 0.3) is 11.0 Å². The van der Waals surface area contributed by atoms with Crippen molar-refractivity contribution in [2.24, 2.45) is 5.92 Å². The highest BCUT2D eigenvalue weighted by Gasteiger charge is 2.35. The molecule has 1 aromatic carbocycles. The Balaban J connectivity index is 1.26. The molecule has 4 heterocycles. The molecule has 0 radical (unpaired) electrons. The molecule has 0 spiro atoms. The van der Waals surface area contributed by atoms with E-state index in [0.717, 1.165) is 40.8 Å². The zero-order chi connectivity index (χ0) is 24.4. The average Bonchev–Trinajstić information content (AvgIpc) is 3.59. The SMILES string of the molecule is CC(C)Sc1nc(N2CCCC2)c2cnn(CCNC(=O)C3CC(=O)N(c4ccccc4)C3)c2n1. The van der Waals surface area contributed by atoms with Crippen molar-refractivity contribution >= 4 is 46.1 Å². The predicted molar refractivity (Wildman–Crippen MR) is 138 cm³/mol. The van der Waals surface area contributed by atoms with Crippen LogP contribution in [0, 0.1) is 5.92 Å². The Hall–Kier alpha value is -3.14. The third-order valence-corrected chi connectivity index (χ3v) is 7.25. The molecule has 0 bridgehead atoms. The number of nitrogens with zero attached hydrogens (tertiary/aromatic N) is 6. The molecule has 1 N–H and O–H groups in total. The first-order valence-electron chi connectivity index (χ1n) is 12.3. The Morgan fingerprint density at radius 3 is 2.69 bits per heavy atom. The van der Waals surface area contributed by atoms with E-state index in [-0.39, 0.29) is 24.2 Å². The van der Waals surface area contributed by atoms with E-state index in [9.17, 15) is 9.59 Å². The second-order valence-electron chi connectivity index (χ2n) is 9.33. The largest absolute Gasteiger partial charge is 0.356 e. The summed E-state index contributed by atoms with van der Waals surface area (Å²) in [6, 6.07) is 9.50. The molecule has 2 amide bonds. The van der Waals surface area contributed by atoms with Crippen LogP contribution in [0.4, 0.5) is 11.5 Å². The van der Waals surface area contributed by atoms with Gasteiger partial charge < -0.3 is 15.1 Å². The van der Waals surface area contributed by atoms with Crippen molar-refractivity contribution in [2.45, 2.75) is 50.1 Å². The van der Waals surface area contributed by atoms with Gasteiger partial charge in [0.05, 0.1) is 24.0 Å². The van der Waals surface area contributed by atoms with Gasteiger partial charge in [0.2, 0.25) is 11.8 Å². The zero-order valence-electron chi connectivity index (χ0n) is 20.2. The number of aromatic nitrogens is 4. The van der Waals surface area contributed by atoms with Crippen LogP contribution in [0.2, 0.25) is 0 Å². The van der Waals surface area contributed by atoms with Gasteiger partial charge >= 0.3 is 0 Å². The number of anilines is 2. The minimum atomic E-state index is -0.352. The molecule has 2 aliphatic rings. The molecule has 1 atom stereocenters. The number of nitrogens with one attached hydrogen (secondary N) is 1. The first-order valence-corrected chi connectivity index (χ1v) is 13.2. The predicted octanol–water partition coefficient (Wildman–Crippen LogP) is 3.10. The molecule has 2 saturated heterocycles. The number of para-hydroxylation sites is 1. The molecule has 10 heteroatoms. The fraction of sp³-hybridized carbons (Fsp3) is 0.480. The van der Waals surface area contributed by atoms with Gasteiger partial charge in [-0.15, -0.1) is 0 Å². The molecule has 1 unspecified atom stereocenters. The van der Waals surface area contributed by atoms with Crippen LogP contribution in [0.5, 0.6) is 0 Å². The Bertz CT molecular complexity index is 1210. The minimum Gasteiger partial charge on any atom is -0.356 e. The molecule has 5 rings (SSSR count). The lowest BCUT2D eigenvalue weighted by molar-refractivity contribution is -0.126. The molecule has 0 aliphatic carbocycles. The summed E-state index contributed by atoms with van der Waals surface area (Å²) in [5.74, 6) is 0.485. The molecular formula is C25H31N7O2S. The number of hydrogen-bond donors (Lipinski definition) is 1. The molecule has 184 valence electrons. The Labute approximate surface area is 209 Å². The van der Waals surface area contributed by atoms with Crippen LogP contribution in [0.3, 0.4) is 0 Å². The van der Waals surface area contributed by atoms with Crippen LogP contribution in [-0.2, 0) is 16.1 Å². The van der Waals surface area contributed by atoms with Gasteiger partial charge in [-0.2, -0.15) is 5.10 Å². The van der Waals surface area contributed by atoms with Gasteiger partial charge in [0.1, 0.15) is 5.82 Å². The summed E-state index contributed by atoms with van der Waals surface area (Å²) in [5.41, 5.74) is 1.63. The Kier molecular flexibility index (Phi) is 6.90. The second-order valence-corrected chi connectivity index (χ2v) is 10.9. The third kappa shape index (κ3) is 5.12. The highest BCUT2D eigenvalue weighted by atomic mass is 32.2. The minimum absolute atomic E-state index is 0.0178. The summed E-state index contributed by atoms with van der Waals surface area (Å²) in [6.07, 6.45) is 4.41. The highest BCUT2D eigenvalue weighted by molar-refractivity contribution is 7.99. The van der Waals surface area contributed by atoms with Crippen molar-refractivity contribution in [3.8, 4) is 0 Å². The van der Waals surface area contributed by atoms with Crippen molar-refractivity contribution in [3.63, 3.8) is 0 Å². The van der Waals surface area contributed by atoms with E-state index in [1.807, 2.05) is 41.2 Å². The van der Waals surface area contributed by atoms with E-state index in [2.05, 4.69) is 29.2 Å². The van der Waals surface area contributed by atoms with Crippen LogP contribution < -0.4 is 15.1 Å². The smallest absolute Gasteiger partial charge is 0.227 e. The molecule has 2 aliphatic heterocycles. The summed E-state index contributed by atoms with van der Waals surface area (Å²) in [6.45, 7) is 7.59. The van der Waals surface area contributed by atoms with Crippen LogP contribution in [-0.4, -0.2) is 63.0 Å². The van der Waals surface area contributed by atoms with E-state index in [4.69, 9.17) is 9.97 Å². The van der Waals surface area contributed by atoms with Crippen molar-refractivity contribution in [1.82, 2.24) is 25.1 Å². The molecule has 9 nitrogen and oxygen atoms in total. The quantitative estimate of drug-likeness (QED) is 0.380. The standard InChI is InChI=1S/C25H31N7O2S/c1-17(2)35-25-28-22(30-11-6-7-12-30)20-15-27-32(23(20)29-25)13-10-26-24(34)18-14-21(33)31(16-18)19-8-4-3-5-9-19/h3-5,8-9,15,17-18H,6-7,10-14,16H2,1-2H3,(H,26,34). The maximum absolute atomic E-state index is 12.8. The summed E-state index contributed by atoms with van der Waals surface area (Å²) < 4.78 is 1.84. The molecule has 0 saturated carbocycles. The first-order chi connectivity index (χ1) is 17.0. The second kappa shape index (κ2) is 10.2. The number of amides is 2. The maximum atomic E-state index is 12.8. The van der Waals surface area contributed by atoms with Crippen molar-refractivity contribution in [1.29, 1.82) is 0 Å².